The van der Waals surface area contributed by atoms with Crippen LogP contribution in [0.4, 0.5) is 0 Å². The van der Waals surface area contributed by atoms with Crippen molar-refractivity contribution in [3.05, 3.63) is 88.4 Å². The first-order chi connectivity index (χ1) is 16.2. The van der Waals surface area contributed by atoms with Gasteiger partial charge in [0.2, 0.25) is 0 Å². The van der Waals surface area contributed by atoms with E-state index in [0.29, 0.717) is 28.6 Å². The number of benzene rings is 2. The summed E-state index contributed by atoms with van der Waals surface area (Å²) in [6.07, 6.45) is 2.57. The largest absolute Gasteiger partial charge is 0.486 e. The molecule has 0 saturated carbocycles. The first-order valence-electron chi connectivity index (χ1n) is 11.6. The topological polar surface area (TPSA) is 88.8 Å². The van der Waals surface area contributed by atoms with E-state index in [2.05, 4.69) is 51.2 Å². The molecule has 0 saturated heterocycles. The quantitative estimate of drug-likeness (QED) is 0.363. The summed E-state index contributed by atoms with van der Waals surface area (Å²) in [6, 6.07) is 15.0. The van der Waals surface area contributed by atoms with Crippen molar-refractivity contribution >= 4 is 11.9 Å². The van der Waals surface area contributed by atoms with Crippen LogP contribution in [0, 0.1) is 19.8 Å². The highest BCUT2D eigenvalue weighted by Crippen LogP contribution is 2.26. The second kappa shape index (κ2) is 11.5. The minimum absolute atomic E-state index is 0.0562. The molecule has 3 rings (SSSR count). The van der Waals surface area contributed by atoms with Crippen LogP contribution in [-0.4, -0.2) is 17.0 Å². The first-order valence-corrected chi connectivity index (χ1v) is 11.6. The molecule has 1 heterocycles. The fraction of sp³-hybridized carbons (Fsp3) is 0.357. The van der Waals surface area contributed by atoms with Crippen LogP contribution in [0.1, 0.15) is 71.1 Å². The van der Waals surface area contributed by atoms with Gasteiger partial charge in [0, 0.05) is 12.0 Å². The van der Waals surface area contributed by atoms with Gasteiger partial charge in [0.25, 0.3) is 5.91 Å². The third-order valence-electron chi connectivity index (χ3n) is 5.55. The Hall–Kier alpha value is -3.54. The van der Waals surface area contributed by atoms with E-state index in [0.717, 1.165) is 23.1 Å². The van der Waals surface area contributed by atoms with Gasteiger partial charge in [0.15, 0.2) is 0 Å². The van der Waals surface area contributed by atoms with Gasteiger partial charge in [0.1, 0.15) is 18.1 Å². The van der Waals surface area contributed by atoms with Crippen LogP contribution in [0.15, 0.2) is 59.2 Å². The Morgan fingerprint density at radius 3 is 2.41 bits per heavy atom. The van der Waals surface area contributed by atoms with Crippen LogP contribution in [0.5, 0.6) is 5.75 Å². The number of ether oxygens (including phenoxy) is 1. The number of aliphatic carboxylic acids is 1. The van der Waals surface area contributed by atoms with E-state index >= 15 is 0 Å². The van der Waals surface area contributed by atoms with Crippen molar-refractivity contribution < 1.29 is 23.8 Å². The zero-order valence-corrected chi connectivity index (χ0v) is 20.3. The fourth-order valence-electron chi connectivity index (χ4n) is 4.06. The van der Waals surface area contributed by atoms with Gasteiger partial charge in [-0.2, -0.15) is 0 Å². The standard InChI is InChI=1S/C28H33NO5/c1-18(2)12-26(22-14-19(3)13-20(4)15-22)29-28(32)25-16-23(34-17-24-6-5-11-33-24)9-7-21(25)8-10-27(30)31/h5-7,9,11,13-16,18,26H,8,10,12,17H2,1-4H3,(H,29,32)(H,30,31). The zero-order chi connectivity index (χ0) is 24.7. The Balaban J connectivity index is 1.88. The molecule has 0 aliphatic carbocycles. The molecule has 0 aliphatic heterocycles. The van der Waals surface area contributed by atoms with Crippen LogP contribution >= 0.6 is 0 Å². The second-order valence-electron chi connectivity index (χ2n) is 9.16. The number of carbonyl (C=O) groups excluding carboxylic acids is 1. The lowest BCUT2D eigenvalue weighted by molar-refractivity contribution is -0.136. The van der Waals surface area contributed by atoms with Crippen molar-refractivity contribution in [2.45, 2.75) is 59.6 Å². The van der Waals surface area contributed by atoms with E-state index in [9.17, 15) is 9.59 Å². The molecule has 3 aromatic rings. The molecule has 1 aromatic heterocycles. The number of carboxylic acid groups (broad SMARTS) is 1. The SMILES string of the molecule is Cc1cc(C)cc(C(CC(C)C)NC(=O)c2cc(OCc3ccco3)ccc2CCC(=O)O)c1. The third-order valence-corrected chi connectivity index (χ3v) is 5.55. The molecule has 1 amide bonds. The predicted molar refractivity (Wildman–Crippen MR) is 131 cm³/mol. The summed E-state index contributed by atoms with van der Waals surface area (Å²) in [6.45, 7) is 8.59. The number of carbonyl (C=O) groups is 2. The summed E-state index contributed by atoms with van der Waals surface area (Å²) >= 11 is 0. The summed E-state index contributed by atoms with van der Waals surface area (Å²) in [5, 5.41) is 12.4. The van der Waals surface area contributed by atoms with Crippen molar-refractivity contribution in [3.8, 4) is 5.75 Å². The highest BCUT2D eigenvalue weighted by molar-refractivity contribution is 5.96. The average Bonchev–Trinajstić information content (AvgIpc) is 3.28. The van der Waals surface area contributed by atoms with Gasteiger partial charge in [-0.15, -0.1) is 0 Å². The molecule has 1 atom stereocenters. The van der Waals surface area contributed by atoms with Crippen molar-refractivity contribution in [2.24, 2.45) is 5.92 Å². The van der Waals surface area contributed by atoms with Crippen molar-refractivity contribution in [1.29, 1.82) is 0 Å². The lowest BCUT2D eigenvalue weighted by Crippen LogP contribution is -2.30. The zero-order valence-electron chi connectivity index (χ0n) is 20.3. The Morgan fingerprint density at radius 1 is 1.06 bits per heavy atom. The Bertz CT molecular complexity index is 1100. The molecule has 34 heavy (non-hydrogen) atoms. The van der Waals surface area contributed by atoms with E-state index in [4.69, 9.17) is 14.3 Å². The number of rotatable bonds is 11. The lowest BCUT2D eigenvalue weighted by Gasteiger charge is -2.23. The van der Waals surface area contributed by atoms with Crippen molar-refractivity contribution in [3.63, 3.8) is 0 Å². The number of nitrogens with one attached hydrogen (secondary N) is 1. The van der Waals surface area contributed by atoms with Gasteiger partial charge in [-0.3, -0.25) is 9.59 Å². The number of aryl methyl sites for hydroxylation is 3. The van der Waals surface area contributed by atoms with E-state index < -0.39 is 5.97 Å². The predicted octanol–water partition coefficient (Wildman–Crippen LogP) is 6.01. The molecule has 0 bridgehead atoms. The summed E-state index contributed by atoms with van der Waals surface area (Å²) < 4.78 is 11.1. The number of carboxylic acids is 1. The molecular formula is C28H33NO5. The summed E-state index contributed by atoms with van der Waals surface area (Å²) in [4.78, 5) is 24.7. The van der Waals surface area contributed by atoms with Gasteiger partial charge in [0.05, 0.1) is 12.3 Å². The van der Waals surface area contributed by atoms with Gasteiger partial charge in [-0.25, -0.2) is 0 Å². The van der Waals surface area contributed by atoms with Gasteiger partial charge in [-0.05, 0) is 68.0 Å². The van der Waals surface area contributed by atoms with Crippen LogP contribution in [0.25, 0.3) is 0 Å². The van der Waals surface area contributed by atoms with Gasteiger partial charge in [-0.1, -0.05) is 49.2 Å². The third kappa shape index (κ3) is 7.24. The van der Waals surface area contributed by atoms with E-state index in [-0.39, 0.29) is 31.4 Å². The van der Waals surface area contributed by atoms with Crippen molar-refractivity contribution in [2.75, 3.05) is 0 Å². The fourth-order valence-corrected chi connectivity index (χ4v) is 4.06. The number of amides is 1. The van der Waals surface area contributed by atoms with Crippen LogP contribution in [-0.2, 0) is 17.8 Å². The molecule has 0 fully saturated rings. The molecule has 1 unspecified atom stereocenters. The summed E-state index contributed by atoms with van der Waals surface area (Å²) in [5.41, 5.74) is 4.46. The molecule has 2 N–H and O–H groups in total. The molecule has 0 spiro atoms. The normalized spacial score (nSPS) is 11.9. The summed E-state index contributed by atoms with van der Waals surface area (Å²) in [7, 11) is 0. The van der Waals surface area contributed by atoms with Crippen LogP contribution in [0.2, 0.25) is 0 Å². The van der Waals surface area contributed by atoms with E-state index in [1.165, 1.54) is 0 Å². The minimum Gasteiger partial charge on any atom is -0.486 e. The Morgan fingerprint density at radius 2 is 1.79 bits per heavy atom. The molecule has 6 heteroatoms. The Labute approximate surface area is 200 Å². The number of furan rings is 1. The number of hydrogen-bond acceptors (Lipinski definition) is 4. The highest BCUT2D eigenvalue weighted by Gasteiger charge is 2.21. The first kappa shape index (κ1) is 25.1. The molecular weight excluding hydrogens is 430 g/mol. The monoisotopic (exact) mass is 463 g/mol. The average molecular weight is 464 g/mol. The maximum atomic E-state index is 13.5. The summed E-state index contributed by atoms with van der Waals surface area (Å²) in [5.74, 6) is 0.423. The molecule has 0 radical (unpaired) electrons. The lowest BCUT2D eigenvalue weighted by atomic mass is 9.93. The molecule has 6 nitrogen and oxygen atoms in total. The maximum absolute atomic E-state index is 13.5. The van der Waals surface area contributed by atoms with Gasteiger partial charge >= 0.3 is 5.97 Å². The maximum Gasteiger partial charge on any atom is 0.303 e. The minimum atomic E-state index is -0.905. The molecule has 0 aliphatic rings. The van der Waals surface area contributed by atoms with E-state index in [1.54, 1.807) is 30.5 Å². The van der Waals surface area contributed by atoms with Crippen LogP contribution in [0.3, 0.4) is 0 Å². The smallest absolute Gasteiger partial charge is 0.303 e. The van der Waals surface area contributed by atoms with Crippen molar-refractivity contribution in [1.82, 2.24) is 5.32 Å². The highest BCUT2D eigenvalue weighted by atomic mass is 16.5. The molecule has 2 aromatic carbocycles. The van der Waals surface area contributed by atoms with Gasteiger partial charge < -0.3 is 19.6 Å². The molecule has 180 valence electrons. The van der Waals surface area contributed by atoms with E-state index in [1.807, 2.05) is 6.07 Å². The Kier molecular flexibility index (Phi) is 8.52. The van der Waals surface area contributed by atoms with Crippen LogP contribution < -0.4 is 10.1 Å². The number of hydrogen-bond donors (Lipinski definition) is 2. The second-order valence-corrected chi connectivity index (χ2v) is 9.16.